The van der Waals surface area contributed by atoms with Crippen LogP contribution in [0.2, 0.25) is 5.02 Å². The summed E-state index contributed by atoms with van der Waals surface area (Å²) in [4.78, 5) is 15.0. The molecule has 4 rings (SSSR count). The van der Waals surface area contributed by atoms with Gasteiger partial charge < -0.3 is 4.74 Å². The fourth-order valence-corrected chi connectivity index (χ4v) is 4.66. The van der Waals surface area contributed by atoms with Gasteiger partial charge in [-0.25, -0.2) is 4.39 Å². The first-order valence-corrected chi connectivity index (χ1v) is 11.5. The van der Waals surface area contributed by atoms with Gasteiger partial charge in [-0.15, -0.1) is 0 Å². The molecule has 1 saturated heterocycles. The van der Waals surface area contributed by atoms with E-state index in [0.29, 0.717) is 32.1 Å². The zero-order valence-corrected chi connectivity index (χ0v) is 19.6. The minimum atomic E-state index is -0.326. The van der Waals surface area contributed by atoms with E-state index in [1.165, 1.54) is 17.8 Å². The van der Waals surface area contributed by atoms with Crippen LogP contribution in [0.1, 0.15) is 22.3 Å². The van der Waals surface area contributed by atoms with Gasteiger partial charge >= 0.3 is 0 Å². The summed E-state index contributed by atoms with van der Waals surface area (Å²) in [5.74, 6) is -0.0107. The Morgan fingerprint density at radius 3 is 2.59 bits per heavy atom. The number of thioether (sulfide) groups is 1. The van der Waals surface area contributed by atoms with Crippen molar-refractivity contribution in [1.82, 2.24) is 4.90 Å². The second-order valence-electron chi connectivity index (χ2n) is 7.32. The Balaban J connectivity index is 1.45. The van der Waals surface area contributed by atoms with Crippen LogP contribution in [0.15, 0.2) is 71.6 Å². The number of amides is 1. The summed E-state index contributed by atoms with van der Waals surface area (Å²) in [5, 5.41) is 0.380. The van der Waals surface area contributed by atoms with E-state index in [9.17, 15) is 9.18 Å². The predicted octanol–water partition coefficient (Wildman–Crippen LogP) is 6.77. The van der Waals surface area contributed by atoms with Crippen molar-refractivity contribution in [2.45, 2.75) is 20.1 Å². The van der Waals surface area contributed by atoms with Gasteiger partial charge in [-0.3, -0.25) is 9.69 Å². The van der Waals surface area contributed by atoms with E-state index < -0.39 is 0 Å². The third-order valence-electron chi connectivity index (χ3n) is 4.93. The molecule has 0 unspecified atom stereocenters. The molecule has 32 heavy (non-hydrogen) atoms. The van der Waals surface area contributed by atoms with Crippen LogP contribution in [0.5, 0.6) is 5.75 Å². The molecule has 1 amide bonds. The molecule has 0 saturated carbocycles. The van der Waals surface area contributed by atoms with E-state index in [1.807, 2.05) is 31.2 Å². The van der Waals surface area contributed by atoms with Gasteiger partial charge in [0.2, 0.25) is 0 Å². The molecule has 1 aliphatic rings. The molecule has 1 aliphatic heterocycles. The number of hydrogen-bond donors (Lipinski definition) is 0. The minimum absolute atomic E-state index is 0.0728. The number of carbonyl (C=O) groups is 1. The Morgan fingerprint density at radius 1 is 1.12 bits per heavy atom. The molecule has 0 radical (unpaired) electrons. The van der Waals surface area contributed by atoms with Crippen LogP contribution in [-0.4, -0.2) is 15.1 Å². The molecule has 7 heteroatoms. The Kier molecular flexibility index (Phi) is 6.94. The smallest absolute Gasteiger partial charge is 0.266 e. The van der Waals surface area contributed by atoms with Crippen LogP contribution >= 0.6 is 35.6 Å². The first kappa shape index (κ1) is 22.5. The van der Waals surface area contributed by atoms with Crippen LogP contribution in [0.25, 0.3) is 6.08 Å². The van der Waals surface area contributed by atoms with E-state index in [2.05, 4.69) is 0 Å². The van der Waals surface area contributed by atoms with Gasteiger partial charge in [0, 0.05) is 5.56 Å². The molecule has 0 aromatic heterocycles. The number of aryl methyl sites for hydroxylation is 1. The Hall–Kier alpha value is -2.67. The maximum Gasteiger partial charge on any atom is 0.266 e. The number of ether oxygens (including phenoxy) is 1. The van der Waals surface area contributed by atoms with E-state index >= 15 is 0 Å². The lowest BCUT2D eigenvalue weighted by Gasteiger charge is -2.14. The molecule has 0 N–H and O–H groups in total. The Labute approximate surface area is 200 Å². The van der Waals surface area contributed by atoms with Crippen molar-refractivity contribution in [2.75, 3.05) is 0 Å². The van der Waals surface area contributed by atoms with Gasteiger partial charge in [-0.05, 0) is 42.3 Å². The van der Waals surface area contributed by atoms with Crippen LogP contribution in [0, 0.1) is 12.7 Å². The van der Waals surface area contributed by atoms with Crippen LogP contribution < -0.4 is 4.74 Å². The van der Waals surface area contributed by atoms with E-state index in [0.717, 1.165) is 16.7 Å². The molecular weight excluding hydrogens is 465 g/mol. The van der Waals surface area contributed by atoms with Gasteiger partial charge in [0.25, 0.3) is 5.91 Å². The lowest BCUT2D eigenvalue weighted by atomic mass is 10.1. The molecule has 3 nitrogen and oxygen atoms in total. The molecule has 0 spiro atoms. The second-order valence-corrected chi connectivity index (χ2v) is 9.41. The standard InChI is InChI=1S/C25H19ClFNO2S2/c1-16-6-8-17(9-7-16)14-28-24(29)23(32-25(28)31)13-18-10-11-22(20(26)12-18)30-15-19-4-2-3-5-21(19)27/h2-13H,14-15H2,1H3/b23-13-. The summed E-state index contributed by atoms with van der Waals surface area (Å²) >= 11 is 13.1. The van der Waals surface area contributed by atoms with Crippen molar-refractivity contribution < 1.29 is 13.9 Å². The normalized spacial score (nSPS) is 15.0. The Bertz CT molecular complexity index is 1210. The van der Waals surface area contributed by atoms with Crippen LogP contribution in [0.4, 0.5) is 4.39 Å². The summed E-state index contributed by atoms with van der Waals surface area (Å²) in [6, 6.07) is 19.7. The SMILES string of the molecule is Cc1ccc(CN2C(=O)/C(=C/c3ccc(OCc4ccccc4F)c(Cl)c3)SC2=S)cc1. The third-order valence-corrected chi connectivity index (χ3v) is 6.60. The van der Waals surface area contributed by atoms with Crippen molar-refractivity contribution >= 4 is 51.9 Å². The summed E-state index contributed by atoms with van der Waals surface area (Å²) in [5.41, 5.74) is 3.39. The highest BCUT2D eigenvalue weighted by atomic mass is 35.5. The summed E-state index contributed by atoms with van der Waals surface area (Å²) in [6.45, 7) is 2.53. The zero-order chi connectivity index (χ0) is 22.7. The molecular formula is C25H19ClFNO2S2. The molecule has 0 bridgehead atoms. The lowest BCUT2D eigenvalue weighted by molar-refractivity contribution is -0.122. The number of halogens is 2. The van der Waals surface area contributed by atoms with Crippen molar-refractivity contribution in [3.63, 3.8) is 0 Å². The average Bonchev–Trinajstić information content (AvgIpc) is 3.03. The van der Waals surface area contributed by atoms with Crippen molar-refractivity contribution in [1.29, 1.82) is 0 Å². The molecule has 3 aromatic carbocycles. The zero-order valence-electron chi connectivity index (χ0n) is 17.2. The largest absolute Gasteiger partial charge is 0.487 e. The number of thiocarbonyl (C=S) groups is 1. The van der Waals surface area contributed by atoms with Gasteiger partial charge in [0.05, 0.1) is 16.5 Å². The Morgan fingerprint density at radius 2 is 1.88 bits per heavy atom. The molecule has 1 heterocycles. The van der Waals surface area contributed by atoms with Crippen molar-refractivity contribution in [2.24, 2.45) is 0 Å². The predicted molar refractivity (Wildman–Crippen MR) is 132 cm³/mol. The number of carbonyl (C=O) groups excluding carboxylic acids is 1. The highest BCUT2D eigenvalue weighted by Crippen LogP contribution is 2.35. The van der Waals surface area contributed by atoms with E-state index in [1.54, 1.807) is 47.4 Å². The fraction of sp³-hybridized carbons (Fsp3) is 0.120. The molecule has 0 aliphatic carbocycles. The van der Waals surface area contributed by atoms with Crippen LogP contribution in [0.3, 0.4) is 0 Å². The topological polar surface area (TPSA) is 29.5 Å². The summed E-state index contributed by atoms with van der Waals surface area (Å²) < 4.78 is 20.0. The molecule has 3 aromatic rings. The third kappa shape index (κ3) is 5.21. The summed E-state index contributed by atoms with van der Waals surface area (Å²) in [6.07, 6.45) is 1.76. The second kappa shape index (κ2) is 9.86. The number of rotatable bonds is 6. The van der Waals surface area contributed by atoms with Crippen molar-refractivity contribution in [3.05, 3.63) is 105 Å². The molecule has 0 atom stereocenters. The molecule has 162 valence electrons. The monoisotopic (exact) mass is 483 g/mol. The van der Waals surface area contributed by atoms with Crippen LogP contribution in [-0.2, 0) is 17.9 Å². The number of benzene rings is 3. The van der Waals surface area contributed by atoms with Gasteiger partial charge in [0.15, 0.2) is 0 Å². The average molecular weight is 484 g/mol. The van der Waals surface area contributed by atoms with E-state index in [-0.39, 0.29) is 18.3 Å². The fourth-order valence-electron chi connectivity index (χ4n) is 3.16. The quantitative estimate of drug-likeness (QED) is 0.286. The van der Waals surface area contributed by atoms with Gasteiger partial charge in [-0.1, -0.05) is 89.7 Å². The number of hydrogen-bond acceptors (Lipinski definition) is 4. The highest BCUT2D eigenvalue weighted by molar-refractivity contribution is 8.26. The summed E-state index contributed by atoms with van der Waals surface area (Å²) in [7, 11) is 0. The minimum Gasteiger partial charge on any atom is -0.487 e. The van der Waals surface area contributed by atoms with E-state index in [4.69, 9.17) is 28.6 Å². The van der Waals surface area contributed by atoms with Crippen molar-refractivity contribution in [3.8, 4) is 5.75 Å². The molecule has 1 fully saturated rings. The first-order valence-electron chi connectivity index (χ1n) is 9.87. The number of nitrogens with zero attached hydrogens (tertiary/aromatic N) is 1. The van der Waals surface area contributed by atoms with Gasteiger partial charge in [-0.2, -0.15) is 0 Å². The van der Waals surface area contributed by atoms with Gasteiger partial charge in [0.1, 0.15) is 22.5 Å². The maximum atomic E-state index is 13.8. The highest BCUT2D eigenvalue weighted by Gasteiger charge is 2.32. The lowest BCUT2D eigenvalue weighted by Crippen LogP contribution is -2.27. The first-order chi connectivity index (χ1) is 15.4. The maximum absolute atomic E-state index is 13.8.